The smallest absolute Gasteiger partial charge is 0.394 e. The minimum absolute atomic E-state index is 0. The summed E-state index contributed by atoms with van der Waals surface area (Å²) >= 11 is 0. The Labute approximate surface area is 129 Å². The average molecular weight is 330 g/mol. The Balaban J connectivity index is 0. The fraction of sp³-hybridized carbons (Fsp3) is 0.200. The quantitative estimate of drug-likeness (QED) is 0.433. The number of carbonyl (C=O) groups is 1. The molecule has 0 saturated carbocycles. The summed E-state index contributed by atoms with van der Waals surface area (Å²) in [4.78, 5) is 11.0. The lowest BCUT2D eigenvalue weighted by Gasteiger charge is -2.05. The van der Waals surface area contributed by atoms with Crippen LogP contribution >= 0.6 is 0 Å². The fourth-order valence-electron chi connectivity index (χ4n) is 1.54. The number of nitrogen functional groups attached to an aromatic ring is 1. The molecule has 0 saturated heterocycles. The zero-order valence-corrected chi connectivity index (χ0v) is 12.4. The fourth-order valence-corrected chi connectivity index (χ4v) is 1.54. The monoisotopic (exact) mass is 328 g/mol. The van der Waals surface area contributed by atoms with Gasteiger partial charge in [0.2, 0.25) is 0 Å². The topological polar surface area (TPSA) is 96.5 Å². The molecule has 1 amide bonds. The molecule has 19 heavy (non-hydrogen) atoms. The Kier molecular flexibility index (Phi) is 9.55. The van der Waals surface area contributed by atoms with E-state index >= 15 is 0 Å². The van der Waals surface area contributed by atoms with E-state index in [1.807, 2.05) is 23.5 Å². The summed E-state index contributed by atoms with van der Waals surface area (Å²) in [5.41, 5.74) is 8.23. The van der Waals surface area contributed by atoms with Crippen LogP contribution in [0.5, 0.6) is 5.75 Å². The van der Waals surface area contributed by atoms with Crippen molar-refractivity contribution in [3.05, 3.63) is 23.8 Å². The molecule has 1 aliphatic heterocycles. The summed E-state index contributed by atoms with van der Waals surface area (Å²) in [6, 6.07) is 5.70. The number of rotatable bonds is 2. The normalized spacial score (nSPS) is 12.9. The van der Waals surface area contributed by atoms with Crippen LogP contribution in [0.3, 0.4) is 0 Å². The highest BCUT2D eigenvalue weighted by Gasteiger charge is 2.24. The molecule has 0 aliphatic carbocycles. The summed E-state index contributed by atoms with van der Waals surface area (Å²) in [6.07, 6.45) is 0. The van der Waals surface area contributed by atoms with Gasteiger partial charge in [0.15, 0.2) is 18.0 Å². The Morgan fingerprint density at radius 2 is 2.05 bits per heavy atom. The number of halogens is 3. The van der Waals surface area contributed by atoms with Crippen LogP contribution in [-0.4, -0.2) is 25.4 Å². The van der Waals surface area contributed by atoms with Crippen LogP contribution in [0, 0.1) is 0 Å². The SMILES string of the molecule is COc1cc(C2=[NH+]NC(=O)C[NH2+]2)ccc1[NH3+].[Cl-].[Cl-].[Cl-]. The molecule has 1 aromatic rings. The number of hydrazine groups is 1. The third-order valence-corrected chi connectivity index (χ3v) is 2.43. The van der Waals surface area contributed by atoms with Crippen molar-refractivity contribution < 1.29 is 62.9 Å². The van der Waals surface area contributed by atoms with E-state index in [4.69, 9.17) is 4.74 Å². The molecule has 6 nitrogen and oxygen atoms in total. The summed E-state index contributed by atoms with van der Waals surface area (Å²) < 4.78 is 5.19. The number of hydrogen-bond donors (Lipinski definition) is 4. The molecule has 0 spiro atoms. The number of nitrogens with one attached hydrogen (secondary N) is 2. The molecule has 0 fully saturated rings. The van der Waals surface area contributed by atoms with E-state index in [1.165, 1.54) is 0 Å². The number of benzene rings is 1. The number of hydrazone groups is 1. The second-order valence-corrected chi connectivity index (χ2v) is 3.52. The van der Waals surface area contributed by atoms with Crippen LogP contribution < -0.4 is 63.5 Å². The molecule has 0 atom stereocenters. The molecular formula is C10H15Cl3N4O2. The van der Waals surface area contributed by atoms with Gasteiger partial charge in [-0.15, -0.1) is 5.43 Å². The number of ether oxygens (including phenoxy) is 1. The van der Waals surface area contributed by atoms with Gasteiger partial charge in [-0.1, -0.05) is 5.10 Å². The maximum absolute atomic E-state index is 11.0. The lowest BCUT2D eigenvalue weighted by molar-refractivity contribution is -0.645. The summed E-state index contributed by atoms with van der Waals surface area (Å²) in [7, 11) is 1.61. The number of carbonyl (C=O) groups excluding carboxylic acids is 1. The van der Waals surface area contributed by atoms with Crippen molar-refractivity contribution in [2.75, 3.05) is 13.7 Å². The Bertz CT molecular complexity index is 468. The van der Waals surface area contributed by atoms with Gasteiger partial charge in [0.1, 0.15) is 5.56 Å². The van der Waals surface area contributed by atoms with Crippen LogP contribution in [-0.2, 0) is 4.79 Å². The molecule has 1 heterocycles. The molecule has 1 aliphatic rings. The van der Waals surface area contributed by atoms with E-state index in [0.717, 1.165) is 22.8 Å². The van der Waals surface area contributed by atoms with E-state index in [-0.39, 0.29) is 43.1 Å². The van der Waals surface area contributed by atoms with E-state index in [0.29, 0.717) is 6.54 Å². The van der Waals surface area contributed by atoms with Crippen molar-refractivity contribution in [3.63, 3.8) is 0 Å². The second-order valence-electron chi connectivity index (χ2n) is 3.52. The van der Waals surface area contributed by atoms with Crippen molar-refractivity contribution >= 4 is 17.4 Å². The van der Waals surface area contributed by atoms with Crippen LogP contribution in [0.25, 0.3) is 0 Å². The standard InChI is InChI=1S/C10H12N4O2.3ClH/c1-16-8-4-6(2-3-7(8)11)10-12-5-9(15)13-14-10;;;/h2-4H,5,11H2,1H3,(H,12,14)(H,13,15);3*1H. The van der Waals surface area contributed by atoms with Crippen molar-refractivity contribution in [2.45, 2.75) is 0 Å². The summed E-state index contributed by atoms with van der Waals surface area (Å²) in [5, 5.41) is 4.69. The first-order valence-corrected chi connectivity index (χ1v) is 4.96. The zero-order chi connectivity index (χ0) is 11.5. The highest BCUT2D eigenvalue weighted by molar-refractivity contribution is 5.90. The van der Waals surface area contributed by atoms with Crippen LogP contribution in [0.15, 0.2) is 18.2 Å². The maximum Gasteiger partial charge on any atom is 0.394 e. The van der Waals surface area contributed by atoms with Gasteiger partial charge in [0.05, 0.1) is 7.11 Å². The molecule has 0 radical (unpaired) electrons. The van der Waals surface area contributed by atoms with Crippen molar-refractivity contribution in [3.8, 4) is 5.75 Å². The zero-order valence-electron chi connectivity index (χ0n) is 10.2. The molecule has 0 bridgehead atoms. The van der Waals surface area contributed by atoms with Crippen LogP contribution in [0.2, 0.25) is 0 Å². The third-order valence-electron chi connectivity index (χ3n) is 2.43. The van der Waals surface area contributed by atoms with E-state index in [9.17, 15) is 4.79 Å². The van der Waals surface area contributed by atoms with Gasteiger partial charge in [0, 0.05) is 12.1 Å². The molecule has 1 aromatic carbocycles. The number of quaternary nitrogens is 2. The van der Waals surface area contributed by atoms with Gasteiger partial charge >= 0.3 is 11.7 Å². The minimum Gasteiger partial charge on any atom is -1.00 e. The predicted molar refractivity (Wildman–Crippen MR) is 55.5 cm³/mol. The van der Waals surface area contributed by atoms with Gasteiger partial charge in [-0.3, -0.25) is 4.79 Å². The predicted octanol–water partition coefficient (Wildman–Crippen LogP) is -13.0. The first-order valence-electron chi connectivity index (χ1n) is 4.96. The average Bonchev–Trinajstić information content (AvgIpc) is 2.31. The number of hydrogen-bond acceptors (Lipinski definition) is 2. The lowest BCUT2D eigenvalue weighted by Crippen LogP contribution is -3.09. The molecular weight excluding hydrogens is 314 g/mol. The Morgan fingerprint density at radius 1 is 1.37 bits per heavy atom. The Hall–Kier alpha value is -1.05. The van der Waals surface area contributed by atoms with E-state index in [2.05, 4.69) is 16.3 Å². The molecule has 108 valence electrons. The van der Waals surface area contributed by atoms with Crippen molar-refractivity contribution in [1.29, 1.82) is 0 Å². The van der Waals surface area contributed by atoms with Gasteiger partial charge in [0.25, 0.3) is 0 Å². The largest absolute Gasteiger partial charge is 1.00 e. The maximum atomic E-state index is 11.0. The van der Waals surface area contributed by atoms with Gasteiger partial charge in [-0.2, -0.15) is 0 Å². The van der Waals surface area contributed by atoms with E-state index < -0.39 is 0 Å². The van der Waals surface area contributed by atoms with Crippen molar-refractivity contribution in [2.24, 2.45) is 0 Å². The molecule has 0 unspecified atom stereocenters. The number of amidine groups is 1. The van der Waals surface area contributed by atoms with Gasteiger partial charge in [-0.25, -0.2) is 5.32 Å². The lowest BCUT2D eigenvalue weighted by atomic mass is 10.1. The van der Waals surface area contributed by atoms with Crippen LogP contribution in [0.4, 0.5) is 5.69 Å². The Morgan fingerprint density at radius 3 is 2.58 bits per heavy atom. The number of nitrogens with two attached hydrogens (primary N) is 1. The summed E-state index contributed by atoms with van der Waals surface area (Å²) in [5.74, 6) is 1.57. The van der Waals surface area contributed by atoms with Gasteiger partial charge < -0.3 is 47.7 Å². The first-order chi connectivity index (χ1) is 7.70. The summed E-state index contributed by atoms with van der Waals surface area (Å²) in [6.45, 7) is 0.386. The highest BCUT2D eigenvalue weighted by atomic mass is 35.5. The molecule has 7 N–H and O–H groups in total. The van der Waals surface area contributed by atoms with Crippen molar-refractivity contribution in [1.82, 2.24) is 5.43 Å². The highest BCUT2D eigenvalue weighted by Crippen LogP contribution is 2.19. The molecule has 0 aromatic heterocycles. The van der Waals surface area contributed by atoms with E-state index in [1.54, 1.807) is 7.11 Å². The van der Waals surface area contributed by atoms with Crippen LogP contribution in [0.1, 0.15) is 5.56 Å². The minimum atomic E-state index is -0.0375. The molecule has 2 rings (SSSR count). The first kappa shape index (κ1) is 20.3. The second kappa shape index (κ2) is 8.95. The number of methoxy groups -OCH3 is 1. The third kappa shape index (κ3) is 4.85. The van der Waals surface area contributed by atoms with Gasteiger partial charge in [-0.05, 0) is 6.07 Å². The molecule has 9 heteroatoms. The number of amides is 1.